The van der Waals surface area contributed by atoms with Gasteiger partial charge in [0.2, 0.25) is 11.8 Å². The maximum Gasteiger partial charge on any atom is 0.234 e. The smallest absolute Gasteiger partial charge is 0.234 e. The van der Waals surface area contributed by atoms with Gasteiger partial charge in [0.1, 0.15) is 0 Å². The van der Waals surface area contributed by atoms with Crippen LogP contribution in [0, 0.1) is 17.8 Å². The van der Waals surface area contributed by atoms with Gasteiger partial charge in [-0.3, -0.25) is 24.1 Å². The van der Waals surface area contributed by atoms with Crippen LogP contribution in [0.4, 0.5) is 0 Å². The third-order valence-electron chi connectivity index (χ3n) is 8.37. The van der Waals surface area contributed by atoms with E-state index in [4.69, 9.17) is 4.74 Å². The maximum atomic E-state index is 13.8. The molecular weight excluding hydrogens is 482 g/mol. The molecule has 2 aromatic rings. The number of aromatic hydroxyl groups is 1. The summed E-state index contributed by atoms with van der Waals surface area (Å²) in [6, 6.07) is 14.4. The first-order valence-corrected chi connectivity index (χ1v) is 12.8. The summed E-state index contributed by atoms with van der Waals surface area (Å²) < 4.78 is 5.20. The van der Waals surface area contributed by atoms with E-state index in [9.17, 15) is 24.3 Å². The van der Waals surface area contributed by atoms with Crippen LogP contribution < -0.4 is 4.74 Å². The highest BCUT2D eigenvalue weighted by Crippen LogP contribution is 2.55. The van der Waals surface area contributed by atoms with Gasteiger partial charge in [-0.15, -0.1) is 0 Å². The fourth-order valence-corrected chi connectivity index (χ4v) is 6.64. The number of hydrogen-bond acceptors (Lipinski definition) is 6. The van der Waals surface area contributed by atoms with Gasteiger partial charge in [-0.1, -0.05) is 48.0 Å². The van der Waals surface area contributed by atoms with E-state index in [2.05, 4.69) is 0 Å². The van der Waals surface area contributed by atoms with Gasteiger partial charge in [-0.05, 0) is 55.0 Å². The largest absolute Gasteiger partial charge is 0.504 e. The number of likely N-dealkylation sites (tertiary alicyclic amines) is 1. The van der Waals surface area contributed by atoms with Crippen LogP contribution in [0.15, 0.2) is 83.0 Å². The minimum Gasteiger partial charge on any atom is -0.504 e. The number of phenolic OH excluding ortho intramolecular Hbond substituents is 1. The Bertz CT molecular complexity index is 1500. The van der Waals surface area contributed by atoms with Crippen molar-refractivity contribution in [3.63, 3.8) is 0 Å². The molecule has 1 saturated heterocycles. The number of allylic oxidation sites excluding steroid dienone is 6. The van der Waals surface area contributed by atoms with Crippen LogP contribution in [0.25, 0.3) is 0 Å². The highest BCUT2D eigenvalue weighted by Gasteiger charge is 2.56. The molecule has 1 aliphatic heterocycles. The fraction of sp³-hybridized carbons (Fsp3) is 0.290. The van der Waals surface area contributed by atoms with Crippen molar-refractivity contribution in [3.8, 4) is 11.5 Å². The standard InChI is InChI=1S/C31H27NO6/c1-16-12-24(34)28-22(29(16)35)14-21-19(26(28)18-8-11-25(38-2)23(33)13-18)9-10-20-27(21)31(37)32(30(20)36)15-17-6-4-3-5-7-17/h3-9,11-13,20-21,26-27,33H,10,14-15H2,1-2H3/t20-,21+,26-,27-/m0/s1. The van der Waals surface area contributed by atoms with Gasteiger partial charge in [0.05, 0.1) is 25.5 Å². The van der Waals surface area contributed by atoms with Gasteiger partial charge < -0.3 is 9.84 Å². The highest BCUT2D eigenvalue weighted by atomic mass is 16.5. The summed E-state index contributed by atoms with van der Waals surface area (Å²) in [5.41, 5.74) is 3.52. The molecule has 4 aliphatic rings. The van der Waals surface area contributed by atoms with Gasteiger partial charge in [-0.2, -0.15) is 0 Å². The molecule has 1 N–H and O–H groups in total. The molecule has 0 aromatic heterocycles. The first kappa shape index (κ1) is 24.1. The second-order valence-electron chi connectivity index (χ2n) is 10.4. The number of fused-ring (bicyclic) bond motifs is 3. The third-order valence-corrected chi connectivity index (χ3v) is 8.37. The molecule has 0 unspecified atom stereocenters. The van der Waals surface area contributed by atoms with Crippen molar-refractivity contribution in [1.29, 1.82) is 0 Å². The molecular formula is C31H27NO6. The van der Waals surface area contributed by atoms with Crippen molar-refractivity contribution in [2.75, 3.05) is 7.11 Å². The Morgan fingerprint density at radius 1 is 1.00 bits per heavy atom. The number of ketones is 2. The van der Waals surface area contributed by atoms with E-state index in [-0.39, 0.29) is 42.1 Å². The first-order valence-electron chi connectivity index (χ1n) is 12.8. The van der Waals surface area contributed by atoms with Gasteiger partial charge in [-0.25, -0.2) is 0 Å². The summed E-state index contributed by atoms with van der Waals surface area (Å²) in [6.07, 6.45) is 3.96. The Labute approximate surface area is 220 Å². The topological polar surface area (TPSA) is 101 Å². The van der Waals surface area contributed by atoms with E-state index in [1.54, 1.807) is 25.1 Å². The second-order valence-corrected chi connectivity index (χ2v) is 10.4. The van der Waals surface area contributed by atoms with E-state index in [0.717, 1.165) is 11.1 Å². The lowest BCUT2D eigenvalue weighted by atomic mass is 9.59. The number of nitrogens with zero attached hydrogens (tertiary/aromatic N) is 1. The predicted molar refractivity (Wildman–Crippen MR) is 138 cm³/mol. The number of imide groups is 1. The molecule has 4 atom stereocenters. The Balaban J connectivity index is 1.45. The van der Waals surface area contributed by atoms with Crippen LogP contribution in [-0.2, 0) is 25.7 Å². The number of ether oxygens (including phenoxy) is 1. The summed E-state index contributed by atoms with van der Waals surface area (Å²) in [6.45, 7) is 1.83. The molecule has 1 fully saturated rings. The molecule has 1 heterocycles. The number of Topliss-reactive ketones (excluding diaryl/α,β-unsaturated/α-hetero) is 1. The summed E-state index contributed by atoms with van der Waals surface area (Å²) in [7, 11) is 1.45. The summed E-state index contributed by atoms with van der Waals surface area (Å²) in [5, 5.41) is 10.5. The minimum atomic E-state index is -0.608. The number of rotatable bonds is 4. The third kappa shape index (κ3) is 3.56. The number of phenols is 1. The highest BCUT2D eigenvalue weighted by molar-refractivity contribution is 6.23. The van der Waals surface area contributed by atoms with E-state index < -0.39 is 23.7 Å². The van der Waals surface area contributed by atoms with E-state index in [0.29, 0.717) is 34.5 Å². The lowest BCUT2D eigenvalue weighted by Gasteiger charge is -2.42. The quantitative estimate of drug-likeness (QED) is 0.380. The molecule has 0 radical (unpaired) electrons. The molecule has 7 nitrogen and oxygen atoms in total. The maximum absolute atomic E-state index is 13.8. The molecule has 6 rings (SSSR count). The molecule has 7 heteroatoms. The molecule has 2 amide bonds. The Hall–Kier alpha value is -4.26. The number of benzene rings is 2. The van der Waals surface area contributed by atoms with Crippen molar-refractivity contribution >= 4 is 23.4 Å². The van der Waals surface area contributed by atoms with E-state index >= 15 is 0 Å². The number of carbonyl (C=O) groups excluding carboxylic acids is 4. The molecule has 0 bridgehead atoms. The summed E-state index contributed by atoms with van der Waals surface area (Å²) in [5.74, 6) is -2.77. The monoisotopic (exact) mass is 509 g/mol. The lowest BCUT2D eigenvalue weighted by molar-refractivity contribution is -0.140. The van der Waals surface area contributed by atoms with Crippen molar-refractivity contribution in [3.05, 3.63) is 94.1 Å². The van der Waals surface area contributed by atoms with E-state index in [1.165, 1.54) is 18.1 Å². The summed E-state index contributed by atoms with van der Waals surface area (Å²) in [4.78, 5) is 55.2. The second kappa shape index (κ2) is 8.94. The minimum absolute atomic E-state index is 0.0778. The van der Waals surface area contributed by atoms with Crippen LogP contribution in [-0.4, -0.2) is 40.5 Å². The first-order chi connectivity index (χ1) is 18.3. The number of hydrogen-bond donors (Lipinski definition) is 1. The van der Waals surface area contributed by atoms with Crippen molar-refractivity contribution < 1.29 is 29.0 Å². The zero-order chi connectivity index (χ0) is 26.7. The Kier molecular flexibility index (Phi) is 5.67. The SMILES string of the molecule is COc1ccc([C@H]2C3=CC[C@@H]4C(=O)N(Cc5ccccc5)C(=O)[C@@H]4[C@@H]3CC3=C2C(=O)C=C(C)C3=O)cc1O. The van der Waals surface area contributed by atoms with Gasteiger partial charge in [0.15, 0.2) is 23.1 Å². The molecule has 2 aromatic carbocycles. The number of methoxy groups -OCH3 is 1. The lowest BCUT2D eigenvalue weighted by Crippen LogP contribution is -2.39. The number of amides is 2. The van der Waals surface area contributed by atoms with Gasteiger partial charge >= 0.3 is 0 Å². The molecule has 3 aliphatic carbocycles. The average molecular weight is 510 g/mol. The van der Waals surface area contributed by atoms with Gasteiger partial charge in [0.25, 0.3) is 0 Å². The Morgan fingerprint density at radius 2 is 1.76 bits per heavy atom. The van der Waals surface area contributed by atoms with Crippen LogP contribution >= 0.6 is 0 Å². The van der Waals surface area contributed by atoms with Crippen LogP contribution in [0.1, 0.15) is 36.8 Å². The molecule has 0 saturated carbocycles. The van der Waals surface area contributed by atoms with E-state index in [1.807, 2.05) is 36.4 Å². The average Bonchev–Trinajstić information content (AvgIpc) is 3.16. The van der Waals surface area contributed by atoms with Crippen molar-refractivity contribution in [2.45, 2.75) is 32.2 Å². The zero-order valence-corrected chi connectivity index (χ0v) is 21.1. The normalized spacial score (nSPS) is 26.5. The molecule has 0 spiro atoms. The van der Waals surface area contributed by atoms with Crippen LogP contribution in [0.5, 0.6) is 11.5 Å². The van der Waals surface area contributed by atoms with Crippen LogP contribution in [0.2, 0.25) is 0 Å². The van der Waals surface area contributed by atoms with Crippen molar-refractivity contribution in [1.82, 2.24) is 4.90 Å². The summed E-state index contributed by atoms with van der Waals surface area (Å²) >= 11 is 0. The van der Waals surface area contributed by atoms with Crippen molar-refractivity contribution in [2.24, 2.45) is 17.8 Å². The van der Waals surface area contributed by atoms with Crippen LogP contribution in [0.3, 0.4) is 0 Å². The number of carbonyl (C=O) groups is 4. The predicted octanol–water partition coefficient (Wildman–Crippen LogP) is 4.03. The Morgan fingerprint density at radius 3 is 2.47 bits per heavy atom. The zero-order valence-electron chi connectivity index (χ0n) is 21.1. The molecule has 38 heavy (non-hydrogen) atoms. The van der Waals surface area contributed by atoms with Gasteiger partial charge in [0, 0.05) is 22.6 Å². The fourth-order valence-electron chi connectivity index (χ4n) is 6.64. The molecule has 192 valence electrons.